The molecule has 0 bridgehead atoms. The van der Waals surface area contributed by atoms with Gasteiger partial charge in [0, 0.05) is 31.4 Å². The van der Waals surface area contributed by atoms with Crippen LogP contribution in [0.4, 0.5) is 5.82 Å². The molecular weight excluding hydrogens is 258 g/mol. The minimum absolute atomic E-state index is 0.699. The Balaban J connectivity index is 1.69. The van der Waals surface area contributed by atoms with Crippen LogP contribution < -0.4 is 10.2 Å². The fourth-order valence-corrected chi connectivity index (χ4v) is 3.55. The van der Waals surface area contributed by atoms with Crippen molar-refractivity contribution in [3.63, 3.8) is 0 Å². The molecule has 0 amide bonds. The highest BCUT2D eigenvalue weighted by Gasteiger charge is 2.23. The second-order valence-electron chi connectivity index (χ2n) is 6.72. The van der Waals surface area contributed by atoms with Gasteiger partial charge in [0.25, 0.3) is 0 Å². The molecule has 0 aromatic carbocycles. The molecule has 0 saturated heterocycles. The van der Waals surface area contributed by atoms with Gasteiger partial charge >= 0.3 is 0 Å². The van der Waals surface area contributed by atoms with E-state index in [1.165, 1.54) is 61.9 Å². The fourth-order valence-electron chi connectivity index (χ4n) is 3.55. The van der Waals surface area contributed by atoms with Gasteiger partial charge in [-0.3, -0.25) is 0 Å². The first-order chi connectivity index (χ1) is 10.3. The van der Waals surface area contributed by atoms with Crippen LogP contribution in [0.1, 0.15) is 63.0 Å². The van der Waals surface area contributed by atoms with Gasteiger partial charge in [-0.15, -0.1) is 0 Å². The molecule has 3 heteroatoms. The van der Waals surface area contributed by atoms with Gasteiger partial charge < -0.3 is 10.2 Å². The zero-order valence-corrected chi connectivity index (χ0v) is 13.6. The van der Waals surface area contributed by atoms with E-state index in [0.29, 0.717) is 6.04 Å². The van der Waals surface area contributed by atoms with Gasteiger partial charge in [0.2, 0.25) is 0 Å². The van der Waals surface area contributed by atoms with Crippen LogP contribution >= 0.6 is 0 Å². The van der Waals surface area contributed by atoms with E-state index in [4.69, 9.17) is 4.98 Å². The first-order valence-electron chi connectivity index (χ1n) is 8.73. The predicted octanol–water partition coefficient (Wildman–Crippen LogP) is 3.80. The molecule has 2 saturated carbocycles. The van der Waals surface area contributed by atoms with Crippen LogP contribution in [-0.2, 0) is 6.54 Å². The van der Waals surface area contributed by atoms with Crippen molar-refractivity contribution in [3.05, 3.63) is 23.4 Å². The van der Waals surface area contributed by atoms with Crippen molar-refractivity contribution in [2.45, 2.75) is 77.4 Å². The number of aryl methyl sites for hydroxylation is 1. The minimum Gasteiger partial charge on any atom is -0.354 e. The Morgan fingerprint density at radius 1 is 1.19 bits per heavy atom. The Morgan fingerprint density at radius 3 is 2.57 bits per heavy atom. The minimum atomic E-state index is 0.699. The van der Waals surface area contributed by atoms with Crippen LogP contribution in [0.2, 0.25) is 0 Å². The summed E-state index contributed by atoms with van der Waals surface area (Å²) in [6, 6.07) is 3.79. The zero-order chi connectivity index (χ0) is 14.7. The van der Waals surface area contributed by atoms with Gasteiger partial charge in [-0.2, -0.15) is 0 Å². The molecular formula is C18H29N3. The molecule has 0 radical (unpaired) electrons. The highest BCUT2D eigenvalue weighted by molar-refractivity contribution is 5.48. The maximum Gasteiger partial charge on any atom is 0.131 e. The number of aromatic nitrogens is 1. The average Bonchev–Trinajstić information content (AvgIpc) is 3.33. The molecule has 0 atom stereocenters. The molecule has 0 aliphatic heterocycles. The standard InChI is InChI=1S/C18H29N3/c1-3-21(17-7-5-4-6-8-17)18-14(2)11-15(13-20-18)12-19-16-9-10-16/h11,13,16-17,19H,3-10,12H2,1-2H3. The van der Waals surface area contributed by atoms with Crippen molar-refractivity contribution in [1.82, 2.24) is 10.3 Å². The van der Waals surface area contributed by atoms with E-state index >= 15 is 0 Å². The van der Waals surface area contributed by atoms with E-state index in [9.17, 15) is 0 Å². The van der Waals surface area contributed by atoms with Crippen molar-refractivity contribution < 1.29 is 0 Å². The second kappa shape index (κ2) is 6.78. The summed E-state index contributed by atoms with van der Waals surface area (Å²) in [5.41, 5.74) is 2.65. The van der Waals surface area contributed by atoms with Crippen molar-refractivity contribution >= 4 is 5.82 Å². The monoisotopic (exact) mass is 287 g/mol. The summed E-state index contributed by atoms with van der Waals surface area (Å²) in [5, 5.41) is 3.57. The molecule has 3 rings (SSSR count). The lowest BCUT2D eigenvalue weighted by molar-refractivity contribution is 0.416. The van der Waals surface area contributed by atoms with E-state index in [0.717, 1.165) is 19.1 Å². The summed E-state index contributed by atoms with van der Waals surface area (Å²) in [6.07, 6.45) is 11.6. The molecule has 0 unspecified atom stereocenters. The molecule has 1 N–H and O–H groups in total. The number of anilines is 1. The van der Waals surface area contributed by atoms with E-state index in [2.05, 4.69) is 36.3 Å². The molecule has 1 heterocycles. The van der Waals surface area contributed by atoms with E-state index in [1.807, 2.05) is 0 Å². The zero-order valence-electron chi connectivity index (χ0n) is 13.6. The summed E-state index contributed by atoms with van der Waals surface area (Å²) in [4.78, 5) is 7.34. The Morgan fingerprint density at radius 2 is 1.95 bits per heavy atom. The van der Waals surface area contributed by atoms with Gasteiger partial charge in [-0.05, 0) is 56.7 Å². The van der Waals surface area contributed by atoms with Crippen LogP contribution in [0.3, 0.4) is 0 Å². The number of hydrogen-bond donors (Lipinski definition) is 1. The molecule has 3 nitrogen and oxygen atoms in total. The topological polar surface area (TPSA) is 28.2 Å². The van der Waals surface area contributed by atoms with Crippen molar-refractivity contribution in [3.8, 4) is 0 Å². The number of hydrogen-bond acceptors (Lipinski definition) is 3. The second-order valence-corrected chi connectivity index (χ2v) is 6.72. The normalized spacial score (nSPS) is 19.7. The average molecular weight is 287 g/mol. The van der Waals surface area contributed by atoms with Gasteiger partial charge in [-0.25, -0.2) is 4.98 Å². The predicted molar refractivity (Wildman–Crippen MR) is 88.7 cm³/mol. The number of pyridine rings is 1. The number of rotatable bonds is 6. The lowest BCUT2D eigenvalue weighted by Crippen LogP contribution is -2.37. The third kappa shape index (κ3) is 3.76. The van der Waals surface area contributed by atoms with Crippen LogP contribution in [0.15, 0.2) is 12.3 Å². The molecule has 0 spiro atoms. The molecule has 2 fully saturated rings. The molecule has 1 aromatic rings. The molecule has 1 aromatic heterocycles. The van der Waals surface area contributed by atoms with Crippen LogP contribution in [0.25, 0.3) is 0 Å². The maximum absolute atomic E-state index is 4.81. The van der Waals surface area contributed by atoms with Gasteiger partial charge in [0.05, 0.1) is 0 Å². The van der Waals surface area contributed by atoms with Crippen LogP contribution in [0, 0.1) is 6.92 Å². The van der Waals surface area contributed by atoms with Crippen molar-refractivity contribution in [2.75, 3.05) is 11.4 Å². The van der Waals surface area contributed by atoms with Gasteiger partial charge in [0.1, 0.15) is 5.82 Å². The van der Waals surface area contributed by atoms with Gasteiger partial charge in [0.15, 0.2) is 0 Å². The molecule has 21 heavy (non-hydrogen) atoms. The Bertz CT molecular complexity index is 462. The van der Waals surface area contributed by atoms with Gasteiger partial charge in [-0.1, -0.05) is 19.3 Å². The first kappa shape index (κ1) is 14.8. The quantitative estimate of drug-likeness (QED) is 0.862. The van der Waals surface area contributed by atoms with E-state index in [1.54, 1.807) is 0 Å². The maximum atomic E-state index is 4.81. The third-order valence-electron chi connectivity index (χ3n) is 4.91. The highest BCUT2D eigenvalue weighted by Crippen LogP contribution is 2.28. The number of nitrogens with one attached hydrogen (secondary N) is 1. The molecule has 2 aliphatic carbocycles. The van der Waals surface area contributed by atoms with Crippen LogP contribution in [0.5, 0.6) is 0 Å². The smallest absolute Gasteiger partial charge is 0.131 e. The number of nitrogens with zero attached hydrogens (tertiary/aromatic N) is 2. The van der Waals surface area contributed by atoms with Crippen molar-refractivity contribution in [1.29, 1.82) is 0 Å². The molecule has 116 valence electrons. The van der Waals surface area contributed by atoms with E-state index < -0.39 is 0 Å². The summed E-state index contributed by atoms with van der Waals surface area (Å²) in [6.45, 7) is 6.51. The Hall–Kier alpha value is -1.09. The first-order valence-corrected chi connectivity index (χ1v) is 8.73. The highest BCUT2D eigenvalue weighted by atomic mass is 15.2. The summed E-state index contributed by atoms with van der Waals surface area (Å²) in [7, 11) is 0. The van der Waals surface area contributed by atoms with Crippen molar-refractivity contribution in [2.24, 2.45) is 0 Å². The Labute approximate surface area is 129 Å². The summed E-state index contributed by atoms with van der Waals surface area (Å²) >= 11 is 0. The lowest BCUT2D eigenvalue weighted by atomic mass is 9.94. The Kier molecular flexibility index (Phi) is 4.79. The lowest BCUT2D eigenvalue weighted by Gasteiger charge is -2.35. The van der Waals surface area contributed by atoms with Crippen LogP contribution in [-0.4, -0.2) is 23.6 Å². The fraction of sp³-hybridized carbons (Fsp3) is 0.722. The third-order valence-corrected chi connectivity index (χ3v) is 4.91. The summed E-state index contributed by atoms with van der Waals surface area (Å²) in [5.74, 6) is 1.21. The summed E-state index contributed by atoms with van der Waals surface area (Å²) < 4.78 is 0. The molecule has 2 aliphatic rings. The SMILES string of the molecule is CCN(c1ncc(CNC2CC2)cc1C)C1CCCCC1. The van der Waals surface area contributed by atoms with E-state index in [-0.39, 0.29) is 0 Å². The largest absolute Gasteiger partial charge is 0.354 e.